The van der Waals surface area contributed by atoms with E-state index in [1.165, 1.54) is 10.5 Å². The first-order valence-corrected chi connectivity index (χ1v) is 7.23. The minimum atomic E-state index is -0.506. The van der Waals surface area contributed by atoms with E-state index in [1.54, 1.807) is 18.9 Å². The molecule has 0 bridgehead atoms. The third-order valence-electron chi connectivity index (χ3n) is 3.48. The Hall–Kier alpha value is -1.45. The Balaban J connectivity index is 1.85. The predicted molar refractivity (Wildman–Crippen MR) is 77.7 cm³/mol. The van der Waals surface area contributed by atoms with E-state index in [-0.39, 0.29) is 5.25 Å². The Labute approximate surface area is 117 Å². The van der Waals surface area contributed by atoms with Gasteiger partial charge in [0.15, 0.2) is 0 Å². The molecule has 2 aromatic carbocycles. The van der Waals surface area contributed by atoms with Gasteiger partial charge >= 0.3 is 0 Å². The first kappa shape index (κ1) is 12.6. The minimum Gasteiger partial charge on any atom is -0.496 e. The fourth-order valence-corrected chi connectivity index (χ4v) is 3.82. The number of hydrogen-bond donors (Lipinski definition) is 1. The summed E-state index contributed by atoms with van der Waals surface area (Å²) in [7, 11) is 1.64. The zero-order valence-electron chi connectivity index (χ0n) is 10.7. The first-order chi connectivity index (χ1) is 9.29. The van der Waals surface area contributed by atoms with Crippen LogP contribution in [-0.4, -0.2) is 17.5 Å². The molecular formula is C16H16O2S. The highest BCUT2D eigenvalue weighted by molar-refractivity contribution is 8.00. The van der Waals surface area contributed by atoms with Crippen LogP contribution in [0, 0.1) is 0 Å². The van der Waals surface area contributed by atoms with Crippen molar-refractivity contribution in [2.45, 2.75) is 22.7 Å². The van der Waals surface area contributed by atoms with E-state index in [1.807, 2.05) is 30.3 Å². The van der Waals surface area contributed by atoms with Gasteiger partial charge in [0.2, 0.25) is 0 Å². The molecule has 0 aromatic heterocycles. The zero-order valence-corrected chi connectivity index (χ0v) is 11.6. The van der Waals surface area contributed by atoms with Crippen LogP contribution in [0.4, 0.5) is 0 Å². The van der Waals surface area contributed by atoms with E-state index in [9.17, 15) is 5.11 Å². The van der Waals surface area contributed by atoms with Crippen molar-refractivity contribution < 1.29 is 9.84 Å². The van der Waals surface area contributed by atoms with Gasteiger partial charge in [-0.15, -0.1) is 11.8 Å². The van der Waals surface area contributed by atoms with Crippen LogP contribution in [0.2, 0.25) is 0 Å². The molecule has 0 aliphatic carbocycles. The predicted octanol–water partition coefficient (Wildman–Crippen LogP) is 3.45. The molecule has 1 aliphatic rings. The van der Waals surface area contributed by atoms with Crippen molar-refractivity contribution in [1.82, 2.24) is 0 Å². The summed E-state index contributed by atoms with van der Waals surface area (Å²) in [5.74, 6) is 0.756. The highest BCUT2D eigenvalue weighted by Crippen LogP contribution is 2.43. The van der Waals surface area contributed by atoms with Crippen LogP contribution in [0.3, 0.4) is 0 Å². The van der Waals surface area contributed by atoms with E-state index < -0.39 is 6.10 Å². The van der Waals surface area contributed by atoms with Gasteiger partial charge in [-0.25, -0.2) is 0 Å². The molecule has 1 heterocycles. The Morgan fingerprint density at radius 3 is 2.68 bits per heavy atom. The maximum atomic E-state index is 10.6. The summed E-state index contributed by atoms with van der Waals surface area (Å²) in [5, 5.41) is 10.8. The summed E-state index contributed by atoms with van der Waals surface area (Å²) >= 11 is 1.75. The van der Waals surface area contributed by atoms with Crippen molar-refractivity contribution in [3.63, 3.8) is 0 Å². The average Bonchev–Trinajstić information content (AvgIpc) is 2.90. The van der Waals surface area contributed by atoms with Gasteiger partial charge in [-0.3, -0.25) is 0 Å². The number of thioether (sulfide) groups is 1. The topological polar surface area (TPSA) is 29.5 Å². The van der Waals surface area contributed by atoms with Gasteiger partial charge < -0.3 is 9.84 Å². The van der Waals surface area contributed by atoms with E-state index >= 15 is 0 Å². The summed E-state index contributed by atoms with van der Waals surface area (Å²) in [5.41, 5.74) is 2.20. The standard InChI is InChI=1S/C16H16O2S/c1-18-13-8-4-3-7-12(13)16(17)15-10-11-6-2-5-9-14(11)19-15/h2-9,15-17H,10H2,1H3. The van der Waals surface area contributed by atoms with E-state index in [0.29, 0.717) is 0 Å². The van der Waals surface area contributed by atoms with Crippen molar-refractivity contribution in [2.24, 2.45) is 0 Å². The number of hydrogen-bond acceptors (Lipinski definition) is 3. The van der Waals surface area contributed by atoms with E-state index in [0.717, 1.165) is 17.7 Å². The number of ether oxygens (including phenoxy) is 1. The lowest BCUT2D eigenvalue weighted by atomic mass is 10.0. The number of aliphatic hydroxyl groups excluding tert-OH is 1. The first-order valence-electron chi connectivity index (χ1n) is 6.35. The number of para-hydroxylation sites is 1. The maximum absolute atomic E-state index is 10.6. The number of fused-ring (bicyclic) bond motifs is 1. The molecule has 2 unspecified atom stereocenters. The average molecular weight is 272 g/mol. The summed E-state index contributed by atoms with van der Waals surface area (Å²) in [4.78, 5) is 1.28. The summed E-state index contributed by atoms with van der Waals surface area (Å²) in [6, 6.07) is 16.0. The molecule has 98 valence electrons. The lowest BCUT2D eigenvalue weighted by molar-refractivity contribution is 0.171. The Kier molecular flexibility index (Phi) is 3.49. The fourth-order valence-electron chi connectivity index (χ4n) is 2.50. The van der Waals surface area contributed by atoms with Crippen LogP contribution in [0.25, 0.3) is 0 Å². The molecule has 0 fully saturated rings. The van der Waals surface area contributed by atoms with Crippen LogP contribution in [0.5, 0.6) is 5.75 Å². The lowest BCUT2D eigenvalue weighted by Gasteiger charge is -2.19. The van der Waals surface area contributed by atoms with Crippen molar-refractivity contribution in [1.29, 1.82) is 0 Å². The highest BCUT2D eigenvalue weighted by atomic mass is 32.2. The Morgan fingerprint density at radius 1 is 1.16 bits per heavy atom. The number of rotatable bonds is 3. The number of methoxy groups -OCH3 is 1. The largest absolute Gasteiger partial charge is 0.496 e. The van der Waals surface area contributed by atoms with Crippen LogP contribution in [0.1, 0.15) is 17.2 Å². The third kappa shape index (κ3) is 2.36. The molecule has 1 aliphatic heterocycles. The van der Waals surface area contributed by atoms with Gasteiger partial charge in [-0.2, -0.15) is 0 Å². The van der Waals surface area contributed by atoms with Crippen LogP contribution < -0.4 is 4.74 Å². The van der Waals surface area contributed by atoms with Crippen LogP contribution >= 0.6 is 11.8 Å². The van der Waals surface area contributed by atoms with Crippen LogP contribution in [-0.2, 0) is 6.42 Å². The van der Waals surface area contributed by atoms with E-state index in [2.05, 4.69) is 18.2 Å². The normalized spacial score (nSPS) is 18.9. The van der Waals surface area contributed by atoms with Gasteiger partial charge in [0.1, 0.15) is 5.75 Å². The van der Waals surface area contributed by atoms with Crippen molar-refractivity contribution in [2.75, 3.05) is 7.11 Å². The Morgan fingerprint density at radius 2 is 1.89 bits per heavy atom. The molecule has 3 heteroatoms. The fraction of sp³-hybridized carbons (Fsp3) is 0.250. The Bertz CT molecular complexity index is 557. The lowest BCUT2D eigenvalue weighted by Crippen LogP contribution is -2.15. The SMILES string of the molecule is COc1ccccc1C(O)C1Cc2ccccc2S1. The highest BCUT2D eigenvalue weighted by Gasteiger charge is 2.30. The summed E-state index contributed by atoms with van der Waals surface area (Å²) < 4.78 is 5.33. The van der Waals surface area contributed by atoms with Crippen molar-refractivity contribution in [3.8, 4) is 5.75 Å². The third-order valence-corrected chi connectivity index (χ3v) is 4.86. The molecule has 0 saturated heterocycles. The summed E-state index contributed by atoms with van der Waals surface area (Å²) in [6.45, 7) is 0. The quantitative estimate of drug-likeness (QED) is 0.928. The van der Waals surface area contributed by atoms with E-state index in [4.69, 9.17) is 4.74 Å². The summed E-state index contributed by atoms with van der Waals surface area (Å²) in [6.07, 6.45) is 0.397. The van der Waals surface area contributed by atoms with Crippen LogP contribution in [0.15, 0.2) is 53.4 Å². The number of aliphatic hydroxyl groups is 1. The minimum absolute atomic E-state index is 0.161. The van der Waals surface area contributed by atoms with Gasteiger partial charge in [0.05, 0.1) is 13.2 Å². The van der Waals surface area contributed by atoms with Gasteiger partial charge in [-0.05, 0) is 24.1 Å². The molecule has 3 rings (SSSR count). The maximum Gasteiger partial charge on any atom is 0.124 e. The molecule has 2 aromatic rings. The van der Waals surface area contributed by atoms with Crippen molar-refractivity contribution >= 4 is 11.8 Å². The molecular weight excluding hydrogens is 256 g/mol. The van der Waals surface area contributed by atoms with Crippen molar-refractivity contribution in [3.05, 3.63) is 59.7 Å². The second-order valence-corrected chi connectivity index (χ2v) is 5.94. The second-order valence-electron chi connectivity index (χ2n) is 4.65. The molecule has 0 amide bonds. The smallest absolute Gasteiger partial charge is 0.124 e. The molecule has 0 radical (unpaired) electrons. The van der Waals surface area contributed by atoms with Gasteiger partial charge in [0.25, 0.3) is 0 Å². The monoisotopic (exact) mass is 272 g/mol. The molecule has 0 spiro atoms. The molecule has 19 heavy (non-hydrogen) atoms. The van der Waals surface area contributed by atoms with Gasteiger partial charge in [0, 0.05) is 15.7 Å². The zero-order chi connectivity index (χ0) is 13.2. The molecule has 0 saturated carbocycles. The molecule has 2 atom stereocenters. The van der Waals surface area contributed by atoms with Gasteiger partial charge in [-0.1, -0.05) is 36.4 Å². The second kappa shape index (κ2) is 5.27. The molecule has 2 nitrogen and oxygen atoms in total. The number of benzene rings is 2. The molecule has 1 N–H and O–H groups in total.